The lowest BCUT2D eigenvalue weighted by atomic mass is 10.1. The smallest absolute Gasteiger partial charge is 0.372 e. The number of benzene rings is 1. The Bertz CT molecular complexity index is 567. The normalized spacial score (nSPS) is 15.7. The Kier molecular flexibility index (Phi) is 6.10. The molecule has 1 aliphatic heterocycles. The number of rotatable bonds is 5. The second-order valence-corrected chi connectivity index (χ2v) is 6.00. The zero-order valence-electron chi connectivity index (χ0n) is 14.0. The average Bonchev–Trinajstić information content (AvgIpc) is 2.53. The molecule has 0 bridgehead atoms. The molecule has 0 unspecified atom stereocenters. The molecule has 1 aliphatic rings. The van der Waals surface area contributed by atoms with Gasteiger partial charge in [0.15, 0.2) is 0 Å². The standard InChI is InChI=1S/C17H23F3N2O2/c1-13-4-3-5-15(14(13)2)21-7-9-22(10-8-21)16(23)6-11-24-12-17(18,19)20/h3-5H,6-12H2,1-2H3. The number of carbonyl (C=O) groups is 1. The van der Waals surface area contributed by atoms with Crippen molar-refractivity contribution in [3.8, 4) is 0 Å². The fraction of sp³-hybridized carbons (Fsp3) is 0.588. The zero-order chi connectivity index (χ0) is 17.7. The summed E-state index contributed by atoms with van der Waals surface area (Å²) >= 11 is 0. The molecule has 1 saturated heterocycles. The van der Waals surface area contributed by atoms with E-state index in [0.29, 0.717) is 13.1 Å². The number of alkyl halides is 3. The van der Waals surface area contributed by atoms with Crippen molar-refractivity contribution in [3.63, 3.8) is 0 Å². The fourth-order valence-electron chi connectivity index (χ4n) is 2.78. The third kappa shape index (κ3) is 5.12. The summed E-state index contributed by atoms with van der Waals surface area (Å²) < 4.78 is 40.4. The van der Waals surface area contributed by atoms with Crippen LogP contribution in [0.1, 0.15) is 17.5 Å². The van der Waals surface area contributed by atoms with Gasteiger partial charge in [-0.2, -0.15) is 13.2 Å². The summed E-state index contributed by atoms with van der Waals surface area (Å²) in [6.07, 6.45) is -4.36. The highest BCUT2D eigenvalue weighted by molar-refractivity contribution is 5.76. The number of aryl methyl sites for hydroxylation is 1. The maximum atomic E-state index is 12.0. The molecule has 134 valence electrons. The van der Waals surface area contributed by atoms with Gasteiger partial charge in [0.2, 0.25) is 5.91 Å². The van der Waals surface area contributed by atoms with Crippen LogP contribution in [0, 0.1) is 13.8 Å². The van der Waals surface area contributed by atoms with Crippen LogP contribution in [-0.2, 0) is 9.53 Å². The first-order chi connectivity index (χ1) is 11.3. The van der Waals surface area contributed by atoms with Crippen LogP contribution in [0.4, 0.5) is 18.9 Å². The van der Waals surface area contributed by atoms with Crippen molar-refractivity contribution in [2.75, 3.05) is 44.3 Å². The van der Waals surface area contributed by atoms with Gasteiger partial charge in [-0.15, -0.1) is 0 Å². The van der Waals surface area contributed by atoms with Gasteiger partial charge in [-0.05, 0) is 31.0 Å². The molecule has 24 heavy (non-hydrogen) atoms. The largest absolute Gasteiger partial charge is 0.411 e. The minimum Gasteiger partial charge on any atom is -0.372 e. The average molecular weight is 344 g/mol. The van der Waals surface area contributed by atoms with Crippen molar-refractivity contribution in [3.05, 3.63) is 29.3 Å². The molecule has 0 radical (unpaired) electrons. The van der Waals surface area contributed by atoms with Gasteiger partial charge in [-0.3, -0.25) is 4.79 Å². The van der Waals surface area contributed by atoms with Crippen molar-refractivity contribution in [1.82, 2.24) is 4.90 Å². The molecule has 0 aromatic heterocycles. The van der Waals surface area contributed by atoms with Crippen LogP contribution in [0.2, 0.25) is 0 Å². The van der Waals surface area contributed by atoms with E-state index >= 15 is 0 Å². The van der Waals surface area contributed by atoms with E-state index < -0.39 is 12.8 Å². The molecule has 1 fully saturated rings. The van der Waals surface area contributed by atoms with Crippen molar-refractivity contribution in [2.24, 2.45) is 0 Å². The molecule has 1 amide bonds. The number of nitrogens with zero attached hydrogens (tertiary/aromatic N) is 2. The van der Waals surface area contributed by atoms with Crippen LogP contribution in [0.5, 0.6) is 0 Å². The maximum Gasteiger partial charge on any atom is 0.411 e. The predicted molar refractivity (Wildman–Crippen MR) is 86.2 cm³/mol. The number of carbonyl (C=O) groups excluding carboxylic acids is 1. The van der Waals surface area contributed by atoms with Crippen LogP contribution in [-0.4, -0.2) is 56.4 Å². The van der Waals surface area contributed by atoms with Gasteiger partial charge in [0, 0.05) is 31.9 Å². The fourth-order valence-corrected chi connectivity index (χ4v) is 2.78. The minimum absolute atomic E-state index is 0.0143. The first-order valence-corrected chi connectivity index (χ1v) is 8.01. The monoisotopic (exact) mass is 344 g/mol. The second-order valence-electron chi connectivity index (χ2n) is 6.00. The zero-order valence-corrected chi connectivity index (χ0v) is 14.0. The van der Waals surface area contributed by atoms with E-state index in [1.54, 1.807) is 4.90 Å². The van der Waals surface area contributed by atoms with E-state index in [4.69, 9.17) is 0 Å². The second kappa shape index (κ2) is 7.88. The van der Waals surface area contributed by atoms with Gasteiger partial charge in [-0.1, -0.05) is 12.1 Å². The molecule has 1 aromatic carbocycles. The van der Waals surface area contributed by atoms with Crippen LogP contribution in [0.15, 0.2) is 18.2 Å². The van der Waals surface area contributed by atoms with E-state index in [0.717, 1.165) is 13.1 Å². The van der Waals surface area contributed by atoms with E-state index in [2.05, 4.69) is 35.6 Å². The van der Waals surface area contributed by atoms with Crippen LogP contribution >= 0.6 is 0 Å². The molecule has 0 aliphatic carbocycles. The van der Waals surface area contributed by atoms with Crippen molar-refractivity contribution < 1.29 is 22.7 Å². The van der Waals surface area contributed by atoms with Crippen molar-refractivity contribution >= 4 is 11.6 Å². The molecule has 2 rings (SSSR count). The van der Waals surface area contributed by atoms with Gasteiger partial charge in [0.1, 0.15) is 6.61 Å². The molecule has 0 saturated carbocycles. The minimum atomic E-state index is -4.35. The van der Waals surface area contributed by atoms with Crippen LogP contribution < -0.4 is 4.90 Å². The molecular weight excluding hydrogens is 321 g/mol. The maximum absolute atomic E-state index is 12.0. The number of hydrogen-bond acceptors (Lipinski definition) is 3. The SMILES string of the molecule is Cc1cccc(N2CCN(C(=O)CCOCC(F)(F)F)CC2)c1C. The molecule has 0 N–H and O–H groups in total. The third-order valence-electron chi connectivity index (χ3n) is 4.28. The van der Waals surface area contributed by atoms with E-state index in [1.165, 1.54) is 16.8 Å². The third-order valence-corrected chi connectivity index (χ3v) is 4.28. The summed E-state index contributed by atoms with van der Waals surface area (Å²) in [7, 11) is 0. The molecule has 1 aromatic rings. The highest BCUT2D eigenvalue weighted by Gasteiger charge is 2.28. The summed E-state index contributed by atoms with van der Waals surface area (Å²) in [5.74, 6) is -0.155. The van der Waals surface area contributed by atoms with Gasteiger partial charge in [0.25, 0.3) is 0 Å². The van der Waals surface area contributed by atoms with Crippen molar-refractivity contribution in [2.45, 2.75) is 26.4 Å². The van der Waals surface area contributed by atoms with Crippen molar-refractivity contribution in [1.29, 1.82) is 0 Å². The summed E-state index contributed by atoms with van der Waals surface area (Å²) in [4.78, 5) is 16.0. The van der Waals surface area contributed by atoms with Crippen LogP contribution in [0.25, 0.3) is 0 Å². The highest BCUT2D eigenvalue weighted by Crippen LogP contribution is 2.24. The Morgan fingerprint density at radius 2 is 1.83 bits per heavy atom. The molecule has 7 heteroatoms. The van der Waals surface area contributed by atoms with Gasteiger partial charge in [-0.25, -0.2) is 0 Å². The Balaban J connectivity index is 1.78. The predicted octanol–water partition coefficient (Wildman–Crippen LogP) is 2.92. The number of halogens is 3. The first-order valence-electron chi connectivity index (χ1n) is 8.01. The lowest BCUT2D eigenvalue weighted by Gasteiger charge is -2.37. The molecular formula is C17H23F3N2O2. The summed E-state index contributed by atoms with van der Waals surface area (Å²) in [6, 6.07) is 6.16. The molecule has 0 atom stereocenters. The Morgan fingerprint density at radius 1 is 1.17 bits per heavy atom. The number of ether oxygens (including phenoxy) is 1. The summed E-state index contributed by atoms with van der Waals surface area (Å²) in [6.45, 7) is 5.24. The number of anilines is 1. The number of amides is 1. The van der Waals surface area contributed by atoms with Crippen LogP contribution in [0.3, 0.4) is 0 Å². The van der Waals surface area contributed by atoms with Gasteiger partial charge in [0.05, 0.1) is 13.0 Å². The quantitative estimate of drug-likeness (QED) is 0.770. The Morgan fingerprint density at radius 3 is 2.46 bits per heavy atom. The lowest BCUT2D eigenvalue weighted by molar-refractivity contribution is -0.175. The molecule has 4 nitrogen and oxygen atoms in total. The topological polar surface area (TPSA) is 32.8 Å². The van der Waals surface area contributed by atoms with Gasteiger partial charge >= 0.3 is 6.18 Å². The highest BCUT2D eigenvalue weighted by atomic mass is 19.4. The number of piperazine rings is 1. The Hall–Kier alpha value is -1.76. The molecule has 0 spiro atoms. The summed E-state index contributed by atoms with van der Waals surface area (Å²) in [5, 5.41) is 0. The van der Waals surface area contributed by atoms with Gasteiger partial charge < -0.3 is 14.5 Å². The Labute approximate surface area is 140 Å². The van der Waals surface area contributed by atoms with E-state index in [9.17, 15) is 18.0 Å². The number of hydrogen-bond donors (Lipinski definition) is 0. The summed E-state index contributed by atoms with van der Waals surface area (Å²) in [5.41, 5.74) is 3.64. The first kappa shape index (κ1) is 18.6. The van der Waals surface area contributed by atoms with E-state index in [-0.39, 0.29) is 18.9 Å². The van der Waals surface area contributed by atoms with E-state index in [1.807, 2.05) is 6.07 Å². The molecule has 1 heterocycles. The lowest BCUT2D eigenvalue weighted by Crippen LogP contribution is -2.49.